The second kappa shape index (κ2) is 5.65. The number of urea groups is 1. The van der Waals surface area contributed by atoms with Crippen LogP contribution in [0.3, 0.4) is 0 Å². The summed E-state index contributed by atoms with van der Waals surface area (Å²) in [5.74, 6) is -0.0428. The number of carbonyl (C=O) groups excluding carboxylic acids is 1. The van der Waals surface area contributed by atoms with E-state index in [9.17, 15) is 9.90 Å². The van der Waals surface area contributed by atoms with Crippen LogP contribution in [0.4, 0.5) is 21.9 Å². The summed E-state index contributed by atoms with van der Waals surface area (Å²) in [4.78, 5) is 12.0. The van der Waals surface area contributed by atoms with Gasteiger partial charge in [0.25, 0.3) is 0 Å². The lowest BCUT2D eigenvalue weighted by Gasteiger charge is -2.13. The van der Waals surface area contributed by atoms with Crippen LogP contribution in [0.1, 0.15) is 0 Å². The van der Waals surface area contributed by atoms with Gasteiger partial charge in [0.2, 0.25) is 0 Å². The highest BCUT2D eigenvalue weighted by molar-refractivity contribution is 6.07. The van der Waals surface area contributed by atoms with Gasteiger partial charge in [0.15, 0.2) is 0 Å². The maximum atomic E-state index is 12.0. The molecule has 5 nitrogen and oxygen atoms in total. The number of fused-ring (bicyclic) bond motifs is 1. The Labute approximate surface area is 127 Å². The number of nitrogens with two attached hydrogens (primary N) is 1. The van der Waals surface area contributed by atoms with Crippen LogP contribution < -0.4 is 16.4 Å². The molecule has 110 valence electrons. The summed E-state index contributed by atoms with van der Waals surface area (Å²) in [6, 6.07) is 17.6. The smallest absolute Gasteiger partial charge is 0.323 e. The van der Waals surface area contributed by atoms with Gasteiger partial charge in [0.05, 0.1) is 5.69 Å². The summed E-state index contributed by atoms with van der Waals surface area (Å²) < 4.78 is 0. The molecule has 3 rings (SSSR count). The fraction of sp³-hybridized carbons (Fsp3) is 0. The van der Waals surface area contributed by atoms with Gasteiger partial charge in [0, 0.05) is 11.1 Å². The number of para-hydroxylation sites is 1. The Bertz CT molecular complexity index is 832. The highest BCUT2D eigenvalue weighted by atomic mass is 16.3. The van der Waals surface area contributed by atoms with Gasteiger partial charge in [-0.2, -0.15) is 0 Å². The number of aromatic hydroxyl groups is 1. The van der Waals surface area contributed by atoms with E-state index in [1.54, 1.807) is 24.3 Å². The number of hydrogen-bond acceptors (Lipinski definition) is 3. The van der Waals surface area contributed by atoms with Crippen molar-refractivity contribution in [3.05, 3.63) is 60.7 Å². The summed E-state index contributed by atoms with van der Waals surface area (Å²) in [5.41, 5.74) is 7.08. The van der Waals surface area contributed by atoms with Crippen LogP contribution in [-0.2, 0) is 0 Å². The second-order valence-electron chi connectivity index (χ2n) is 4.86. The predicted octanol–water partition coefficient (Wildman–Crippen LogP) is 3.77. The van der Waals surface area contributed by atoms with Crippen LogP contribution >= 0.6 is 0 Å². The van der Waals surface area contributed by atoms with E-state index >= 15 is 0 Å². The van der Waals surface area contributed by atoms with E-state index in [-0.39, 0.29) is 11.4 Å². The maximum absolute atomic E-state index is 12.0. The molecule has 5 N–H and O–H groups in total. The van der Waals surface area contributed by atoms with Gasteiger partial charge in [-0.1, -0.05) is 42.5 Å². The molecule has 0 saturated carbocycles. The van der Waals surface area contributed by atoms with E-state index in [1.807, 2.05) is 36.4 Å². The summed E-state index contributed by atoms with van der Waals surface area (Å²) >= 11 is 0. The van der Waals surface area contributed by atoms with Crippen LogP contribution in [-0.4, -0.2) is 11.1 Å². The van der Waals surface area contributed by atoms with Gasteiger partial charge in [-0.3, -0.25) is 0 Å². The first-order chi connectivity index (χ1) is 10.6. The van der Waals surface area contributed by atoms with Crippen molar-refractivity contribution in [3.8, 4) is 5.75 Å². The fourth-order valence-electron chi connectivity index (χ4n) is 2.28. The van der Waals surface area contributed by atoms with Crippen LogP contribution in [0, 0.1) is 0 Å². The van der Waals surface area contributed by atoms with Crippen molar-refractivity contribution in [2.45, 2.75) is 0 Å². The lowest BCUT2D eigenvalue weighted by atomic mass is 10.1. The largest absolute Gasteiger partial charge is 0.505 e. The Hall–Kier alpha value is -3.21. The minimum Gasteiger partial charge on any atom is -0.505 e. The Morgan fingerprint density at radius 1 is 0.955 bits per heavy atom. The average Bonchev–Trinajstić information content (AvgIpc) is 2.52. The number of amides is 2. The van der Waals surface area contributed by atoms with Gasteiger partial charge in [-0.15, -0.1) is 0 Å². The highest BCUT2D eigenvalue weighted by Crippen LogP contribution is 2.37. The van der Waals surface area contributed by atoms with Gasteiger partial charge >= 0.3 is 6.03 Å². The third-order valence-electron chi connectivity index (χ3n) is 3.32. The lowest BCUT2D eigenvalue weighted by molar-refractivity contribution is 0.262. The standard InChI is InChI=1S/C17H15N3O2/c18-14-10-11-6-4-5-9-13(11)16(21)15(14)20-17(22)19-12-7-2-1-3-8-12/h1-10,21H,18H2,(H2,19,20,22). The van der Waals surface area contributed by atoms with Gasteiger partial charge in [-0.05, 0) is 23.6 Å². The topological polar surface area (TPSA) is 87.4 Å². The monoisotopic (exact) mass is 293 g/mol. The highest BCUT2D eigenvalue weighted by Gasteiger charge is 2.13. The molecule has 3 aromatic rings. The van der Waals surface area contributed by atoms with Crippen LogP contribution in [0.5, 0.6) is 5.75 Å². The number of benzene rings is 3. The molecule has 3 aromatic carbocycles. The number of phenolic OH excluding ortho intramolecular Hbond substituents is 1. The van der Waals surface area contributed by atoms with E-state index in [2.05, 4.69) is 10.6 Å². The first kappa shape index (κ1) is 13.8. The minimum atomic E-state index is -0.469. The first-order valence-corrected chi connectivity index (χ1v) is 6.78. The molecule has 0 aliphatic carbocycles. The van der Waals surface area contributed by atoms with Crippen molar-refractivity contribution < 1.29 is 9.90 Å². The van der Waals surface area contributed by atoms with Crippen LogP contribution in [0.2, 0.25) is 0 Å². The zero-order chi connectivity index (χ0) is 15.5. The molecule has 0 heterocycles. The molecule has 0 radical (unpaired) electrons. The van der Waals surface area contributed by atoms with Crippen LogP contribution in [0.25, 0.3) is 10.8 Å². The van der Waals surface area contributed by atoms with E-state index in [1.165, 1.54) is 0 Å². The fourth-order valence-corrected chi connectivity index (χ4v) is 2.28. The van der Waals surface area contributed by atoms with E-state index in [0.29, 0.717) is 16.8 Å². The molecule has 0 aliphatic rings. The number of phenols is 1. The van der Waals surface area contributed by atoms with E-state index in [0.717, 1.165) is 5.39 Å². The quantitative estimate of drug-likeness (QED) is 0.428. The number of rotatable bonds is 2. The van der Waals surface area contributed by atoms with E-state index < -0.39 is 6.03 Å². The molecule has 0 unspecified atom stereocenters. The third-order valence-corrected chi connectivity index (χ3v) is 3.32. The number of hydrogen-bond donors (Lipinski definition) is 4. The first-order valence-electron chi connectivity index (χ1n) is 6.78. The molecule has 0 spiro atoms. The minimum absolute atomic E-state index is 0.0428. The molecule has 0 fully saturated rings. The predicted molar refractivity (Wildman–Crippen MR) is 89.1 cm³/mol. The molecule has 0 atom stereocenters. The summed E-state index contributed by atoms with van der Waals surface area (Å²) in [7, 11) is 0. The van der Waals surface area contributed by atoms with Gasteiger partial charge < -0.3 is 21.5 Å². The molecule has 0 aromatic heterocycles. The summed E-state index contributed by atoms with van der Waals surface area (Å²) in [6.45, 7) is 0. The van der Waals surface area contributed by atoms with Crippen molar-refractivity contribution in [3.63, 3.8) is 0 Å². The normalized spacial score (nSPS) is 10.4. The molecular formula is C17H15N3O2. The SMILES string of the molecule is Nc1cc2ccccc2c(O)c1NC(=O)Nc1ccccc1. The van der Waals surface area contributed by atoms with Crippen molar-refractivity contribution in [2.24, 2.45) is 0 Å². The summed E-state index contributed by atoms with van der Waals surface area (Å²) in [5, 5.41) is 17.0. The van der Waals surface area contributed by atoms with E-state index in [4.69, 9.17) is 5.73 Å². The number of anilines is 3. The van der Waals surface area contributed by atoms with Crippen molar-refractivity contribution in [2.75, 3.05) is 16.4 Å². The van der Waals surface area contributed by atoms with Gasteiger partial charge in [0.1, 0.15) is 11.4 Å². The Morgan fingerprint density at radius 2 is 1.64 bits per heavy atom. The molecular weight excluding hydrogens is 278 g/mol. The van der Waals surface area contributed by atoms with Crippen molar-refractivity contribution >= 4 is 33.9 Å². The third kappa shape index (κ3) is 2.64. The van der Waals surface area contributed by atoms with Gasteiger partial charge in [-0.25, -0.2) is 4.79 Å². The summed E-state index contributed by atoms with van der Waals surface area (Å²) in [6.07, 6.45) is 0. The Balaban J connectivity index is 1.89. The second-order valence-corrected chi connectivity index (χ2v) is 4.86. The van der Waals surface area contributed by atoms with Crippen LogP contribution in [0.15, 0.2) is 60.7 Å². The van der Waals surface area contributed by atoms with Crippen molar-refractivity contribution in [1.29, 1.82) is 0 Å². The molecule has 5 heteroatoms. The Morgan fingerprint density at radius 3 is 2.41 bits per heavy atom. The molecule has 0 aliphatic heterocycles. The molecule has 2 amide bonds. The average molecular weight is 293 g/mol. The van der Waals surface area contributed by atoms with Crippen molar-refractivity contribution in [1.82, 2.24) is 0 Å². The lowest BCUT2D eigenvalue weighted by Crippen LogP contribution is -2.20. The number of nitrogens with one attached hydrogen (secondary N) is 2. The zero-order valence-corrected chi connectivity index (χ0v) is 11.7. The molecule has 0 bridgehead atoms. The molecule has 0 saturated heterocycles. The zero-order valence-electron chi connectivity index (χ0n) is 11.7. The molecule has 22 heavy (non-hydrogen) atoms. The Kier molecular flexibility index (Phi) is 3.53. The number of carbonyl (C=O) groups is 1. The maximum Gasteiger partial charge on any atom is 0.323 e. The number of nitrogen functional groups attached to an aromatic ring is 1.